The Kier molecular flexibility index (Phi) is 7.41. The smallest absolute Gasteiger partial charge is 0.326 e. The third kappa shape index (κ3) is 6.14. The van der Waals surface area contributed by atoms with Crippen LogP contribution in [0, 0.1) is 0 Å². The first kappa shape index (κ1) is 22.5. The first-order valence-corrected chi connectivity index (χ1v) is 10.5. The van der Waals surface area contributed by atoms with E-state index in [-0.39, 0.29) is 18.7 Å². The minimum atomic E-state index is -1.19. The average molecular weight is 488 g/mol. The molecule has 31 heavy (non-hydrogen) atoms. The lowest BCUT2D eigenvalue weighted by Gasteiger charge is -2.29. The van der Waals surface area contributed by atoms with Gasteiger partial charge in [-0.2, -0.15) is 0 Å². The van der Waals surface area contributed by atoms with E-state index in [0.717, 1.165) is 15.6 Å². The highest BCUT2D eigenvalue weighted by atomic mass is 79.9. The summed E-state index contributed by atoms with van der Waals surface area (Å²) < 4.78 is 0.735. The maximum absolute atomic E-state index is 12.4. The number of hydrogen-bond donors (Lipinski definition) is 4. The number of carboxylic acids is 1. The second-order valence-corrected chi connectivity index (χ2v) is 8.12. The molecule has 3 amide bonds. The van der Waals surface area contributed by atoms with Crippen LogP contribution >= 0.6 is 15.9 Å². The minimum absolute atomic E-state index is 0.0743. The topological polar surface area (TPSA) is 125 Å². The van der Waals surface area contributed by atoms with Crippen LogP contribution in [-0.2, 0) is 32.0 Å². The second kappa shape index (κ2) is 10.2. The average Bonchev–Trinajstić information content (AvgIpc) is 2.73. The normalized spacial score (nSPS) is 19.1. The Morgan fingerprint density at radius 2 is 1.58 bits per heavy atom. The molecule has 0 bridgehead atoms. The number of carbonyl (C=O) groups excluding carboxylic acids is 3. The highest BCUT2D eigenvalue weighted by molar-refractivity contribution is 9.10. The van der Waals surface area contributed by atoms with Gasteiger partial charge in [0.05, 0.1) is 6.42 Å². The highest BCUT2D eigenvalue weighted by Crippen LogP contribution is 2.18. The van der Waals surface area contributed by atoms with Crippen LogP contribution in [0.5, 0.6) is 0 Å². The predicted octanol–water partition coefficient (Wildman–Crippen LogP) is 1.18. The molecule has 2 aromatic carbocycles. The SMILES string of the molecule is O=C(C[C@@H]1NC(=O)[C@H](Cc2ccccc2)NC1=O)N[C@H](Cc1ccccc1Br)C(=O)O. The molecule has 0 unspecified atom stereocenters. The summed E-state index contributed by atoms with van der Waals surface area (Å²) in [5.41, 5.74) is 1.62. The molecule has 0 saturated carbocycles. The van der Waals surface area contributed by atoms with Gasteiger partial charge in [-0.1, -0.05) is 64.5 Å². The van der Waals surface area contributed by atoms with E-state index in [1.165, 1.54) is 0 Å². The molecule has 0 radical (unpaired) electrons. The molecule has 0 spiro atoms. The lowest BCUT2D eigenvalue weighted by molar-refractivity contribution is -0.142. The number of carboxylic acid groups (broad SMARTS) is 1. The van der Waals surface area contributed by atoms with Gasteiger partial charge in [0.25, 0.3) is 0 Å². The van der Waals surface area contributed by atoms with Crippen molar-refractivity contribution in [2.24, 2.45) is 0 Å². The Balaban J connectivity index is 1.57. The van der Waals surface area contributed by atoms with Crippen molar-refractivity contribution < 1.29 is 24.3 Å². The Labute approximate surface area is 187 Å². The Hall–Kier alpha value is -3.20. The van der Waals surface area contributed by atoms with Crippen LogP contribution in [0.2, 0.25) is 0 Å². The summed E-state index contributed by atoms with van der Waals surface area (Å²) in [7, 11) is 0. The number of amides is 3. The predicted molar refractivity (Wildman–Crippen MR) is 116 cm³/mol. The molecule has 1 aliphatic heterocycles. The van der Waals surface area contributed by atoms with E-state index >= 15 is 0 Å². The van der Waals surface area contributed by atoms with Gasteiger partial charge in [-0.05, 0) is 17.2 Å². The van der Waals surface area contributed by atoms with Crippen molar-refractivity contribution in [1.29, 1.82) is 0 Å². The third-order valence-electron chi connectivity index (χ3n) is 4.95. The molecule has 1 aliphatic rings. The van der Waals surface area contributed by atoms with Crippen LogP contribution in [0.1, 0.15) is 17.5 Å². The van der Waals surface area contributed by atoms with Gasteiger partial charge in [0.2, 0.25) is 17.7 Å². The van der Waals surface area contributed by atoms with Gasteiger partial charge in [-0.3, -0.25) is 14.4 Å². The van der Waals surface area contributed by atoms with Crippen LogP contribution in [-0.4, -0.2) is 46.9 Å². The van der Waals surface area contributed by atoms with Crippen LogP contribution in [0.4, 0.5) is 0 Å². The molecule has 0 aliphatic carbocycles. The van der Waals surface area contributed by atoms with Crippen molar-refractivity contribution in [3.05, 3.63) is 70.2 Å². The van der Waals surface area contributed by atoms with Gasteiger partial charge < -0.3 is 21.1 Å². The van der Waals surface area contributed by atoms with Crippen LogP contribution in [0.3, 0.4) is 0 Å². The quantitative estimate of drug-likeness (QED) is 0.444. The fourth-order valence-corrected chi connectivity index (χ4v) is 3.78. The van der Waals surface area contributed by atoms with Crippen molar-refractivity contribution in [3.8, 4) is 0 Å². The lowest BCUT2D eigenvalue weighted by Crippen LogP contribution is -2.63. The zero-order valence-corrected chi connectivity index (χ0v) is 18.1. The van der Waals surface area contributed by atoms with Gasteiger partial charge >= 0.3 is 5.97 Å². The number of hydrogen-bond acceptors (Lipinski definition) is 4. The van der Waals surface area contributed by atoms with Gasteiger partial charge in [0, 0.05) is 17.3 Å². The first-order chi connectivity index (χ1) is 14.8. The van der Waals surface area contributed by atoms with Crippen molar-refractivity contribution in [2.75, 3.05) is 0 Å². The number of nitrogens with one attached hydrogen (secondary N) is 3. The summed E-state index contributed by atoms with van der Waals surface area (Å²) >= 11 is 3.36. The summed E-state index contributed by atoms with van der Waals surface area (Å²) in [6, 6.07) is 13.4. The molecule has 0 aromatic heterocycles. The minimum Gasteiger partial charge on any atom is -0.480 e. The summed E-state index contributed by atoms with van der Waals surface area (Å²) in [6.07, 6.45) is 0.0601. The fourth-order valence-electron chi connectivity index (χ4n) is 3.34. The van der Waals surface area contributed by atoms with E-state index < -0.39 is 35.9 Å². The fraction of sp³-hybridized carbons (Fsp3) is 0.273. The standard InChI is InChI=1S/C22H22BrN3O5/c23-15-9-5-4-8-14(15)11-18(22(30)31)24-19(27)12-17-21(29)25-16(20(28)26-17)10-13-6-2-1-3-7-13/h1-9,16-18H,10-12H2,(H,24,27)(H,25,29)(H,26,28)(H,30,31)/t16-,17-,18+/m0/s1. The van der Waals surface area contributed by atoms with Crippen molar-refractivity contribution in [1.82, 2.24) is 16.0 Å². The van der Waals surface area contributed by atoms with Crippen LogP contribution in [0.15, 0.2) is 59.1 Å². The zero-order chi connectivity index (χ0) is 22.4. The Morgan fingerprint density at radius 1 is 0.968 bits per heavy atom. The number of halogens is 1. The number of carbonyl (C=O) groups is 4. The monoisotopic (exact) mass is 487 g/mol. The molecule has 1 saturated heterocycles. The number of benzene rings is 2. The zero-order valence-electron chi connectivity index (χ0n) is 16.5. The van der Waals surface area contributed by atoms with Crippen LogP contribution < -0.4 is 16.0 Å². The maximum atomic E-state index is 12.4. The van der Waals surface area contributed by atoms with Gasteiger partial charge in [0.1, 0.15) is 18.1 Å². The van der Waals surface area contributed by atoms with Gasteiger partial charge in [0.15, 0.2) is 0 Å². The Morgan fingerprint density at radius 3 is 2.26 bits per heavy atom. The molecule has 1 heterocycles. The van der Waals surface area contributed by atoms with E-state index in [0.29, 0.717) is 6.42 Å². The molecule has 3 atom stereocenters. The molecule has 4 N–H and O–H groups in total. The molecule has 3 rings (SSSR count). The van der Waals surface area contributed by atoms with Crippen molar-refractivity contribution in [2.45, 2.75) is 37.4 Å². The summed E-state index contributed by atoms with van der Waals surface area (Å²) in [6.45, 7) is 0. The van der Waals surface area contributed by atoms with Gasteiger partial charge in [-0.25, -0.2) is 4.79 Å². The largest absolute Gasteiger partial charge is 0.480 e. The molecule has 2 aromatic rings. The highest BCUT2D eigenvalue weighted by Gasteiger charge is 2.35. The molecule has 162 valence electrons. The molecular formula is C22H22BrN3O5. The summed E-state index contributed by atoms with van der Waals surface area (Å²) in [5.74, 6) is -2.69. The molecule has 9 heteroatoms. The summed E-state index contributed by atoms with van der Waals surface area (Å²) in [4.78, 5) is 48.8. The molecule has 1 fully saturated rings. The lowest BCUT2D eigenvalue weighted by atomic mass is 10.0. The number of aliphatic carboxylic acids is 1. The molecular weight excluding hydrogens is 466 g/mol. The first-order valence-electron chi connectivity index (χ1n) is 9.73. The number of piperazine rings is 1. The number of rotatable bonds is 8. The van der Waals surface area contributed by atoms with Gasteiger partial charge in [-0.15, -0.1) is 0 Å². The van der Waals surface area contributed by atoms with Crippen molar-refractivity contribution in [3.63, 3.8) is 0 Å². The van der Waals surface area contributed by atoms with E-state index in [1.54, 1.807) is 24.3 Å². The second-order valence-electron chi connectivity index (χ2n) is 7.27. The van der Waals surface area contributed by atoms with E-state index in [9.17, 15) is 24.3 Å². The molecule has 8 nitrogen and oxygen atoms in total. The van der Waals surface area contributed by atoms with E-state index in [2.05, 4.69) is 31.9 Å². The third-order valence-corrected chi connectivity index (χ3v) is 5.73. The van der Waals surface area contributed by atoms with E-state index in [1.807, 2.05) is 30.3 Å². The van der Waals surface area contributed by atoms with E-state index in [4.69, 9.17) is 0 Å². The maximum Gasteiger partial charge on any atom is 0.326 e. The van der Waals surface area contributed by atoms with Crippen molar-refractivity contribution >= 4 is 39.6 Å². The Bertz CT molecular complexity index is 982. The van der Waals surface area contributed by atoms with Crippen LogP contribution in [0.25, 0.3) is 0 Å². The summed E-state index contributed by atoms with van der Waals surface area (Å²) in [5, 5.41) is 17.1.